The summed E-state index contributed by atoms with van der Waals surface area (Å²) in [5, 5.41) is 12.5. The lowest BCUT2D eigenvalue weighted by molar-refractivity contribution is 0.0988. The summed E-state index contributed by atoms with van der Waals surface area (Å²) in [5.41, 5.74) is 1.67. The van der Waals surface area contributed by atoms with E-state index in [2.05, 4.69) is 19.2 Å². The minimum absolute atomic E-state index is 0.0442. The Kier molecular flexibility index (Phi) is 5.16. The molecule has 0 aliphatic heterocycles. The number of Topliss-reactive ketones (excluding diaryl/α,β-unsaturated/α-hetero) is 1. The van der Waals surface area contributed by atoms with Crippen molar-refractivity contribution in [3.8, 4) is 0 Å². The number of nitrogens with one attached hydrogen (secondary N) is 1. The van der Waals surface area contributed by atoms with Crippen molar-refractivity contribution in [1.29, 1.82) is 0 Å². The van der Waals surface area contributed by atoms with Crippen LogP contribution in [0.3, 0.4) is 0 Å². The zero-order chi connectivity index (χ0) is 12.8. The molecule has 0 radical (unpaired) electrons. The van der Waals surface area contributed by atoms with Crippen molar-refractivity contribution in [1.82, 2.24) is 0 Å². The van der Waals surface area contributed by atoms with Gasteiger partial charge in [-0.15, -0.1) is 0 Å². The van der Waals surface area contributed by atoms with Crippen molar-refractivity contribution in [2.75, 3.05) is 11.9 Å². The van der Waals surface area contributed by atoms with Gasteiger partial charge in [-0.3, -0.25) is 4.79 Å². The predicted molar refractivity (Wildman–Crippen MR) is 70.4 cm³/mol. The van der Waals surface area contributed by atoms with Crippen LogP contribution in [0.4, 0.5) is 5.69 Å². The molecule has 94 valence electrons. The van der Waals surface area contributed by atoms with Crippen LogP contribution in [0.2, 0.25) is 0 Å². The summed E-state index contributed by atoms with van der Waals surface area (Å²) >= 11 is 0. The molecule has 0 fully saturated rings. The van der Waals surface area contributed by atoms with Gasteiger partial charge in [-0.25, -0.2) is 0 Å². The number of rotatable bonds is 6. The Morgan fingerprint density at radius 2 is 1.88 bits per heavy atom. The van der Waals surface area contributed by atoms with Gasteiger partial charge >= 0.3 is 0 Å². The molecule has 3 heteroatoms. The molecular weight excluding hydrogens is 214 g/mol. The first-order valence-corrected chi connectivity index (χ1v) is 6.09. The van der Waals surface area contributed by atoms with Crippen molar-refractivity contribution < 1.29 is 9.90 Å². The quantitative estimate of drug-likeness (QED) is 0.745. The zero-order valence-electron chi connectivity index (χ0n) is 10.7. The third kappa shape index (κ3) is 3.86. The van der Waals surface area contributed by atoms with E-state index in [0.717, 1.165) is 11.3 Å². The fraction of sp³-hybridized carbons (Fsp3) is 0.500. The zero-order valence-corrected chi connectivity index (χ0v) is 10.7. The van der Waals surface area contributed by atoms with E-state index >= 15 is 0 Å². The summed E-state index contributed by atoms with van der Waals surface area (Å²) in [6.45, 7) is 6.08. The molecule has 1 atom stereocenters. The molecule has 0 saturated heterocycles. The standard InChI is InChI=1S/C14H21NO2/c1-4-14(17)11-5-7-12(8-6-11)15-13(9-16)10(2)3/h5-8,10,13,15-16H,4,9H2,1-3H3. The van der Waals surface area contributed by atoms with Crippen molar-refractivity contribution in [3.63, 3.8) is 0 Å². The number of anilines is 1. The van der Waals surface area contributed by atoms with Gasteiger partial charge in [-0.05, 0) is 30.2 Å². The molecule has 1 unspecified atom stereocenters. The second-order valence-corrected chi connectivity index (χ2v) is 4.53. The Hall–Kier alpha value is -1.35. The van der Waals surface area contributed by atoms with E-state index in [9.17, 15) is 9.90 Å². The van der Waals surface area contributed by atoms with Gasteiger partial charge in [0.1, 0.15) is 0 Å². The van der Waals surface area contributed by atoms with Gasteiger partial charge < -0.3 is 10.4 Å². The number of hydrogen-bond donors (Lipinski definition) is 2. The van der Waals surface area contributed by atoms with E-state index in [0.29, 0.717) is 12.3 Å². The summed E-state index contributed by atoms with van der Waals surface area (Å²) in [6.07, 6.45) is 0.526. The average molecular weight is 235 g/mol. The van der Waals surface area contributed by atoms with E-state index < -0.39 is 0 Å². The van der Waals surface area contributed by atoms with E-state index in [1.165, 1.54) is 0 Å². The maximum absolute atomic E-state index is 11.5. The Morgan fingerprint density at radius 3 is 2.29 bits per heavy atom. The Labute approximate surface area is 103 Å². The summed E-state index contributed by atoms with van der Waals surface area (Å²) < 4.78 is 0. The Balaban J connectivity index is 2.71. The summed E-state index contributed by atoms with van der Waals surface area (Å²) in [5.74, 6) is 0.510. The number of carbonyl (C=O) groups excluding carboxylic acids is 1. The van der Waals surface area contributed by atoms with Gasteiger partial charge in [0, 0.05) is 17.7 Å². The SMILES string of the molecule is CCC(=O)c1ccc(NC(CO)C(C)C)cc1. The lowest BCUT2D eigenvalue weighted by atomic mass is 10.0. The molecule has 1 rings (SSSR count). The molecule has 1 aromatic rings. The van der Waals surface area contributed by atoms with Crippen LogP contribution in [-0.4, -0.2) is 23.5 Å². The van der Waals surface area contributed by atoms with Crippen molar-refractivity contribution >= 4 is 11.5 Å². The van der Waals surface area contributed by atoms with Gasteiger partial charge in [-0.1, -0.05) is 20.8 Å². The van der Waals surface area contributed by atoms with E-state index in [1.54, 1.807) is 0 Å². The van der Waals surface area contributed by atoms with Crippen molar-refractivity contribution in [2.24, 2.45) is 5.92 Å². The maximum Gasteiger partial charge on any atom is 0.162 e. The molecule has 0 amide bonds. The van der Waals surface area contributed by atoms with Crippen LogP contribution in [0.5, 0.6) is 0 Å². The monoisotopic (exact) mass is 235 g/mol. The smallest absolute Gasteiger partial charge is 0.162 e. The number of ketones is 1. The van der Waals surface area contributed by atoms with Crippen LogP contribution >= 0.6 is 0 Å². The van der Waals surface area contributed by atoms with Gasteiger partial charge in [0.15, 0.2) is 5.78 Å². The van der Waals surface area contributed by atoms with Crippen molar-refractivity contribution in [2.45, 2.75) is 33.2 Å². The van der Waals surface area contributed by atoms with Crippen molar-refractivity contribution in [3.05, 3.63) is 29.8 Å². The third-order valence-electron chi connectivity index (χ3n) is 2.88. The largest absolute Gasteiger partial charge is 0.394 e. The third-order valence-corrected chi connectivity index (χ3v) is 2.88. The molecule has 0 bridgehead atoms. The summed E-state index contributed by atoms with van der Waals surface area (Å²) in [7, 11) is 0. The highest BCUT2D eigenvalue weighted by molar-refractivity contribution is 5.96. The number of aliphatic hydroxyl groups excluding tert-OH is 1. The fourth-order valence-corrected chi connectivity index (χ4v) is 1.59. The topological polar surface area (TPSA) is 49.3 Å². The second-order valence-electron chi connectivity index (χ2n) is 4.53. The number of carbonyl (C=O) groups is 1. The van der Waals surface area contributed by atoms with Crippen LogP contribution in [0.1, 0.15) is 37.6 Å². The van der Waals surface area contributed by atoms with Crippen LogP contribution < -0.4 is 5.32 Å². The minimum atomic E-state index is 0.0442. The molecule has 0 heterocycles. The van der Waals surface area contributed by atoms with Crippen LogP contribution in [0.15, 0.2) is 24.3 Å². The first-order valence-electron chi connectivity index (χ1n) is 6.09. The maximum atomic E-state index is 11.5. The number of aliphatic hydroxyl groups is 1. The molecular formula is C14H21NO2. The molecule has 0 aliphatic rings. The Morgan fingerprint density at radius 1 is 1.29 bits per heavy atom. The first-order chi connectivity index (χ1) is 8.08. The average Bonchev–Trinajstić information content (AvgIpc) is 2.35. The number of benzene rings is 1. The predicted octanol–water partition coefficient (Wildman–Crippen LogP) is 2.71. The van der Waals surface area contributed by atoms with Crippen LogP contribution in [0.25, 0.3) is 0 Å². The summed E-state index contributed by atoms with van der Waals surface area (Å²) in [6, 6.07) is 7.45. The number of hydrogen-bond acceptors (Lipinski definition) is 3. The highest BCUT2D eigenvalue weighted by atomic mass is 16.3. The van der Waals surface area contributed by atoms with Crippen LogP contribution in [0, 0.1) is 5.92 Å². The first kappa shape index (κ1) is 13.7. The summed E-state index contributed by atoms with van der Waals surface area (Å²) in [4.78, 5) is 11.5. The van der Waals surface area contributed by atoms with Gasteiger partial charge in [0.2, 0.25) is 0 Å². The highest BCUT2D eigenvalue weighted by Gasteiger charge is 2.11. The fourth-order valence-electron chi connectivity index (χ4n) is 1.59. The molecule has 1 aromatic carbocycles. The van der Waals surface area contributed by atoms with E-state index in [-0.39, 0.29) is 18.4 Å². The van der Waals surface area contributed by atoms with Gasteiger partial charge in [0.25, 0.3) is 0 Å². The minimum Gasteiger partial charge on any atom is -0.394 e. The van der Waals surface area contributed by atoms with Gasteiger partial charge in [0.05, 0.1) is 12.6 Å². The lowest BCUT2D eigenvalue weighted by Gasteiger charge is -2.21. The molecule has 0 aliphatic carbocycles. The van der Waals surface area contributed by atoms with Crippen LogP contribution in [-0.2, 0) is 0 Å². The molecule has 17 heavy (non-hydrogen) atoms. The molecule has 2 N–H and O–H groups in total. The molecule has 0 spiro atoms. The van der Waals surface area contributed by atoms with E-state index in [1.807, 2.05) is 31.2 Å². The second kappa shape index (κ2) is 6.40. The van der Waals surface area contributed by atoms with Gasteiger partial charge in [-0.2, -0.15) is 0 Å². The lowest BCUT2D eigenvalue weighted by Crippen LogP contribution is -2.29. The molecule has 0 aromatic heterocycles. The molecule has 0 saturated carbocycles. The highest BCUT2D eigenvalue weighted by Crippen LogP contribution is 2.14. The Bertz CT molecular complexity index is 357. The van der Waals surface area contributed by atoms with E-state index in [4.69, 9.17) is 0 Å². The normalized spacial score (nSPS) is 12.5. The molecule has 3 nitrogen and oxygen atoms in total.